The molecule has 1 aliphatic rings. The number of nitrogens with one attached hydrogen (secondary N) is 3. The van der Waals surface area contributed by atoms with Gasteiger partial charge in [-0.2, -0.15) is 5.26 Å². The molecule has 1 aliphatic heterocycles. The predicted octanol–water partition coefficient (Wildman–Crippen LogP) is 1.68. The standard InChI is InChI=1S/C20H23N5O/c21-14-17(20(26)23-10-13-25-11-8-22-9-12-25)15-24-19-7-3-5-16-4-1-2-6-18(16)19/h1-7,15,22,24H,8-13H2,(H,23,26)/b17-15-. The highest BCUT2D eigenvalue weighted by atomic mass is 16.1. The van der Waals surface area contributed by atoms with Crippen LogP contribution >= 0.6 is 0 Å². The number of benzene rings is 2. The number of nitriles is 1. The van der Waals surface area contributed by atoms with E-state index in [9.17, 15) is 10.1 Å². The van der Waals surface area contributed by atoms with Crippen LogP contribution in [0.1, 0.15) is 0 Å². The minimum absolute atomic E-state index is 0.0678. The Kier molecular flexibility index (Phi) is 6.20. The molecule has 134 valence electrons. The minimum atomic E-state index is -0.352. The van der Waals surface area contributed by atoms with E-state index in [4.69, 9.17) is 0 Å². The third-order valence-corrected chi connectivity index (χ3v) is 4.45. The van der Waals surface area contributed by atoms with Gasteiger partial charge in [-0.3, -0.25) is 9.69 Å². The highest BCUT2D eigenvalue weighted by Crippen LogP contribution is 2.23. The van der Waals surface area contributed by atoms with Crippen molar-refractivity contribution in [1.29, 1.82) is 5.26 Å². The first-order valence-electron chi connectivity index (χ1n) is 8.84. The molecule has 0 radical (unpaired) electrons. The molecule has 26 heavy (non-hydrogen) atoms. The van der Waals surface area contributed by atoms with Gasteiger partial charge in [-0.25, -0.2) is 0 Å². The fraction of sp³-hybridized carbons (Fsp3) is 0.300. The SMILES string of the molecule is N#C/C(=C/Nc1cccc2ccccc12)C(=O)NCCN1CCNCC1. The number of carbonyl (C=O) groups is 1. The maximum atomic E-state index is 12.2. The van der Waals surface area contributed by atoms with Crippen LogP contribution in [0, 0.1) is 11.3 Å². The van der Waals surface area contributed by atoms with Gasteiger partial charge in [0.1, 0.15) is 11.6 Å². The van der Waals surface area contributed by atoms with Crippen molar-refractivity contribution in [3.8, 4) is 6.07 Å². The molecular weight excluding hydrogens is 326 g/mol. The van der Waals surface area contributed by atoms with Crippen molar-refractivity contribution in [3.05, 3.63) is 54.2 Å². The Morgan fingerprint density at radius 2 is 1.96 bits per heavy atom. The average molecular weight is 349 g/mol. The molecule has 0 atom stereocenters. The predicted molar refractivity (Wildman–Crippen MR) is 104 cm³/mol. The highest BCUT2D eigenvalue weighted by Gasteiger charge is 2.12. The fourth-order valence-electron chi connectivity index (χ4n) is 3.01. The Hall–Kier alpha value is -2.88. The number of hydrogen-bond donors (Lipinski definition) is 3. The van der Waals surface area contributed by atoms with E-state index in [1.54, 1.807) is 0 Å². The van der Waals surface area contributed by atoms with Crippen molar-refractivity contribution in [2.24, 2.45) is 0 Å². The van der Waals surface area contributed by atoms with E-state index >= 15 is 0 Å². The van der Waals surface area contributed by atoms with Crippen LogP contribution in [0.15, 0.2) is 54.2 Å². The van der Waals surface area contributed by atoms with E-state index in [1.807, 2.05) is 48.5 Å². The van der Waals surface area contributed by atoms with Gasteiger partial charge in [0, 0.05) is 56.5 Å². The van der Waals surface area contributed by atoms with Crippen LogP contribution in [-0.4, -0.2) is 50.1 Å². The molecule has 0 bridgehead atoms. The second kappa shape index (κ2) is 8.99. The van der Waals surface area contributed by atoms with E-state index in [0.717, 1.165) is 49.2 Å². The van der Waals surface area contributed by atoms with Crippen LogP contribution in [0.5, 0.6) is 0 Å². The number of piperazine rings is 1. The number of anilines is 1. The zero-order valence-electron chi connectivity index (χ0n) is 14.7. The Morgan fingerprint density at radius 3 is 2.77 bits per heavy atom. The van der Waals surface area contributed by atoms with E-state index in [-0.39, 0.29) is 11.5 Å². The quantitative estimate of drug-likeness (QED) is 0.546. The van der Waals surface area contributed by atoms with Crippen LogP contribution < -0.4 is 16.0 Å². The van der Waals surface area contributed by atoms with E-state index in [2.05, 4.69) is 20.9 Å². The zero-order valence-corrected chi connectivity index (χ0v) is 14.7. The molecule has 0 saturated carbocycles. The Labute approximate surface area is 153 Å². The molecule has 3 rings (SSSR count). The average Bonchev–Trinajstić information content (AvgIpc) is 2.69. The molecule has 2 aromatic rings. The van der Waals surface area contributed by atoms with Crippen molar-refractivity contribution >= 4 is 22.4 Å². The Bertz CT molecular complexity index is 828. The van der Waals surface area contributed by atoms with Crippen molar-refractivity contribution in [2.75, 3.05) is 44.6 Å². The first-order chi connectivity index (χ1) is 12.8. The lowest BCUT2D eigenvalue weighted by Gasteiger charge is -2.27. The van der Waals surface area contributed by atoms with E-state index in [1.165, 1.54) is 6.20 Å². The number of rotatable bonds is 6. The van der Waals surface area contributed by atoms with Crippen LogP contribution in [0.3, 0.4) is 0 Å². The van der Waals surface area contributed by atoms with Crippen LogP contribution in [0.4, 0.5) is 5.69 Å². The van der Waals surface area contributed by atoms with Gasteiger partial charge >= 0.3 is 0 Å². The van der Waals surface area contributed by atoms with Crippen molar-refractivity contribution in [3.63, 3.8) is 0 Å². The highest BCUT2D eigenvalue weighted by molar-refractivity contribution is 5.98. The molecule has 1 amide bonds. The van der Waals surface area contributed by atoms with Gasteiger partial charge in [0.15, 0.2) is 0 Å². The van der Waals surface area contributed by atoms with Gasteiger partial charge < -0.3 is 16.0 Å². The molecule has 2 aromatic carbocycles. The van der Waals surface area contributed by atoms with Gasteiger partial charge in [-0.15, -0.1) is 0 Å². The molecule has 0 aliphatic carbocycles. The summed E-state index contributed by atoms with van der Waals surface area (Å²) in [5.41, 5.74) is 0.933. The van der Waals surface area contributed by atoms with E-state index in [0.29, 0.717) is 6.54 Å². The topological polar surface area (TPSA) is 80.2 Å². The summed E-state index contributed by atoms with van der Waals surface area (Å²) in [6.45, 7) is 5.26. The third kappa shape index (κ3) is 4.60. The van der Waals surface area contributed by atoms with E-state index < -0.39 is 0 Å². The summed E-state index contributed by atoms with van der Waals surface area (Å²) in [6, 6.07) is 15.8. The lowest BCUT2D eigenvalue weighted by Crippen LogP contribution is -2.46. The molecule has 6 nitrogen and oxygen atoms in total. The Balaban J connectivity index is 1.58. The number of fused-ring (bicyclic) bond motifs is 1. The number of carbonyl (C=O) groups excluding carboxylic acids is 1. The summed E-state index contributed by atoms with van der Waals surface area (Å²) in [4.78, 5) is 14.5. The van der Waals surface area contributed by atoms with Crippen LogP contribution in [0.25, 0.3) is 10.8 Å². The number of hydrogen-bond acceptors (Lipinski definition) is 5. The summed E-state index contributed by atoms with van der Waals surface area (Å²) in [5, 5.41) is 20.7. The maximum Gasteiger partial charge on any atom is 0.263 e. The molecular formula is C20H23N5O. The van der Waals surface area contributed by atoms with Gasteiger partial charge in [-0.1, -0.05) is 36.4 Å². The summed E-state index contributed by atoms with van der Waals surface area (Å²) in [7, 11) is 0. The molecule has 0 unspecified atom stereocenters. The molecule has 6 heteroatoms. The minimum Gasteiger partial charge on any atom is -0.360 e. The summed E-state index contributed by atoms with van der Waals surface area (Å²) < 4.78 is 0. The first-order valence-corrected chi connectivity index (χ1v) is 8.84. The molecule has 3 N–H and O–H groups in total. The van der Waals surface area contributed by atoms with Crippen molar-refractivity contribution in [1.82, 2.24) is 15.5 Å². The number of nitrogens with zero attached hydrogens (tertiary/aromatic N) is 2. The summed E-state index contributed by atoms with van der Waals surface area (Å²) in [5.74, 6) is -0.352. The molecule has 1 fully saturated rings. The Morgan fingerprint density at radius 1 is 1.19 bits per heavy atom. The first kappa shape index (κ1) is 17.9. The lowest BCUT2D eigenvalue weighted by molar-refractivity contribution is -0.117. The monoisotopic (exact) mass is 349 g/mol. The van der Waals surface area contributed by atoms with Crippen molar-refractivity contribution < 1.29 is 4.79 Å². The molecule has 0 spiro atoms. The smallest absolute Gasteiger partial charge is 0.263 e. The summed E-state index contributed by atoms with van der Waals surface area (Å²) in [6.07, 6.45) is 1.47. The number of amides is 1. The van der Waals surface area contributed by atoms with Crippen LogP contribution in [0.2, 0.25) is 0 Å². The van der Waals surface area contributed by atoms with Gasteiger partial charge in [0.25, 0.3) is 5.91 Å². The second-order valence-electron chi connectivity index (χ2n) is 6.19. The molecule has 1 saturated heterocycles. The third-order valence-electron chi connectivity index (χ3n) is 4.45. The van der Waals surface area contributed by atoms with Gasteiger partial charge in [-0.05, 0) is 11.5 Å². The summed E-state index contributed by atoms with van der Waals surface area (Å²) >= 11 is 0. The lowest BCUT2D eigenvalue weighted by atomic mass is 10.1. The van der Waals surface area contributed by atoms with Crippen LogP contribution in [-0.2, 0) is 4.79 Å². The zero-order chi connectivity index (χ0) is 18.2. The second-order valence-corrected chi connectivity index (χ2v) is 6.19. The fourth-order valence-corrected chi connectivity index (χ4v) is 3.01. The van der Waals surface area contributed by atoms with Gasteiger partial charge in [0.05, 0.1) is 0 Å². The van der Waals surface area contributed by atoms with Crippen molar-refractivity contribution in [2.45, 2.75) is 0 Å². The van der Waals surface area contributed by atoms with Gasteiger partial charge in [0.2, 0.25) is 0 Å². The molecule has 0 aromatic heterocycles. The normalized spacial score (nSPS) is 15.4. The maximum absolute atomic E-state index is 12.2. The largest absolute Gasteiger partial charge is 0.360 e. The molecule has 1 heterocycles.